The lowest BCUT2D eigenvalue weighted by molar-refractivity contribution is 0.280. The molecular formula is C18H22N2S. The van der Waals surface area contributed by atoms with Gasteiger partial charge in [-0.3, -0.25) is 0 Å². The molecule has 0 saturated carbocycles. The molecule has 2 nitrogen and oxygen atoms in total. The number of hydrogen-bond donors (Lipinski definition) is 1. The Hall–Kier alpha value is -1.61. The lowest BCUT2D eigenvalue weighted by Gasteiger charge is -2.38. The first-order chi connectivity index (χ1) is 9.98. The highest BCUT2D eigenvalue weighted by molar-refractivity contribution is 7.80. The molecule has 1 fully saturated rings. The van der Waals surface area contributed by atoms with Gasteiger partial charge in [0.15, 0.2) is 0 Å². The third kappa shape index (κ3) is 2.75. The molecule has 0 bridgehead atoms. The molecule has 2 aromatic rings. The number of nitrogens with two attached hydrogens (primary N) is 1. The Morgan fingerprint density at radius 2 is 1.67 bits per heavy atom. The Balaban J connectivity index is 2.05. The maximum Gasteiger partial charge on any atom is 0.104 e. The van der Waals surface area contributed by atoms with Crippen molar-refractivity contribution in [3.05, 3.63) is 42.0 Å². The number of thiocarbonyl (C=S) groups is 1. The van der Waals surface area contributed by atoms with E-state index in [-0.39, 0.29) is 0 Å². The molecule has 0 aromatic heterocycles. The van der Waals surface area contributed by atoms with Crippen LogP contribution < -0.4 is 10.6 Å². The second-order valence-corrected chi connectivity index (χ2v) is 7.13. The van der Waals surface area contributed by atoms with E-state index < -0.39 is 0 Å². The lowest BCUT2D eigenvalue weighted by Crippen LogP contribution is -2.37. The molecule has 0 amide bonds. The van der Waals surface area contributed by atoms with Crippen LogP contribution >= 0.6 is 12.2 Å². The predicted octanol–water partition coefficient (Wildman–Crippen LogP) is 4.10. The molecule has 1 aliphatic rings. The standard InChI is InChI=1S/C18H22N2S/c1-18(2)9-11-20(12-10-18)16-8-7-15(17(19)21)13-5-3-4-6-14(13)16/h3-8H,9-12H2,1-2H3,(H2,19,21). The van der Waals surface area contributed by atoms with E-state index in [1.807, 2.05) is 6.07 Å². The highest BCUT2D eigenvalue weighted by Crippen LogP contribution is 2.36. The predicted molar refractivity (Wildman–Crippen MR) is 95.1 cm³/mol. The molecule has 2 aromatic carbocycles. The van der Waals surface area contributed by atoms with E-state index in [2.05, 4.69) is 49.1 Å². The smallest absolute Gasteiger partial charge is 0.104 e. The first kappa shape index (κ1) is 14.3. The molecule has 1 aliphatic heterocycles. The van der Waals surface area contributed by atoms with Crippen LogP contribution in [0.3, 0.4) is 0 Å². The Bertz CT molecular complexity index is 681. The van der Waals surface area contributed by atoms with Crippen LogP contribution in [0.15, 0.2) is 36.4 Å². The van der Waals surface area contributed by atoms with Gasteiger partial charge < -0.3 is 10.6 Å². The Labute approximate surface area is 131 Å². The summed E-state index contributed by atoms with van der Waals surface area (Å²) < 4.78 is 0. The maximum atomic E-state index is 5.86. The van der Waals surface area contributed by atoms with E-state index in [1.165, 1.54) is 23.9 Å². The van der Waals surface area contributed by atoms with Crippen LogP contribution in [-0.2, 0) is 0 Å². The van der Waals surface area contributed by atoms with Crippen LogP contribution in [0.1, 0.15) is 32.3 Å². The fourth-order valence-electron chi connectivity index (χ4n) is 3.13. The SMILES string of the molecule is CC1(C)CCN(c2ccc(C(N)=S)c3ccccc23)CC1. The van der Waals surface area contributed by atoms with Gasteiger partial charge >= 0.3 is 0 Å². The van der Waals surface area contributed by atoms with Gasteiger partial charge in [0.1, 0.15) is 4.99 Å². The molecule has 0 unspecified atom stereocenters. The molecule has 2 N–H and O–H groups in total. The molecule has 110 valence electrons. The van der Waals surface area contributed by atoms with Crippen LogP contribution in [-0.4, -0.2) is 18.1 Å². The minimum Gasteiger partial charge on any atom is -0.389 e. The molecule has 0 atom stereocenters. The summed E-state index contributed by atoms with van der Waals surface area (Å²) in [6, 6.07) is 12.7. The second-order valence-electron chi connectivity index (χ2n) is 6.69. The molecule has 0 aliphatic carbocycles. The van der Waals surface area contributed by atoms with Gasteiger partial charge in [-0.15, -0.1) is 0 Å². The largest absolute Gasteiger partial charge is 0.389 e. The Morgan fingerprint density at radius 1 is 1.05 bits per heavy atom. The summed E-state index contributed by atoms with van der Waals surface area (Å²) in [6.07, 6.45) is 2.47. The van der Waals surface area contributed by atoms with Crippen molar-refractivity contribution < 1.29 is 0 Å². The fourth-order valence-corrected chi connectivity index (χ4v) is 3.30. The Morgan fingerprint density at radius 3 is 2.29 bits per heavy atom. The summed E-state index contributed by atoms with van der Waals surface area (Å²) in [5.41, 5.74) is 8.61. The van der Waals surface area contributed by atoms with E-state index >= 15 is 0 Å². The number of anilines is 1. The van der Waals surface area contributed by atoms with Crippen molar-refractivity contribution in [2.24, 2.45) is 11.1 Å². The summed E-state index contributed by atoms with van der Waals surface area (Å²) in [4.78, 5) is 2.97. The van der Waals surface area contributed by atoms with Gasteiger partial charge in [0.2, 0.25) is 0 Å². The van der Waals surface area contributed by atoms with Crippen molar-refractivity contribution >= 4 is 33.7 Å². The third-order valence-electron chi connectivity index (χ3n) is 4.62. The average Bonchev–Trinajstić information content (AvgIpc) is 2.46. The normalized spacial score (nSPS) is 17.9. The van der Waals surface area contributed by atoms with Gasteiger partial charge in [-0.05, 0) is 35.8 Å². The maximum absolute atomic E-state index is 5.86. The van der Waals surface area contributed by atoms with E-state index in [0.717, 1.165) is 24.0 Å². The fraction of sp³-hybridized carbons (Fsp3) is 0.389. The quantitative estimate of drug-likeness (QED) is 0.846. The highest BCUT2D eigenvalue weighted by Gasteiger charge is 2.26. The van der Waals surface area contributed by atoms with Crippen LogP contribution in [0.25, 0.3) is 10.8 Å². The zero-order valence-corrected chi connectivity index (χ0v) is 13.5. The Kier molecular flexibility index (Phi) is 3.62. The molecule has 3 rings (SSSR count). The number of benzene rings is 2. The number of nitrogens with zero attached hydrogens (tertiary/aromatic N) is 1. The lowest BCUT2D eigenvalue weighted by atomic mass is 9.82. The molecule has 0 radical (unpaired) electrons. The third-order valence-corrected chi connectivity index (χ3v) is 4.84. The van der Waals surface area contributed by atoms with Gasteiger partial charge in [0.25, 0.3) is 0 Å². The molecule has 0 spiro atoms. The van der Waals surface area contributed by atoms with Crippen LogP contribution in [0, 0.1) is 5.41 Å². The van der Waals surface area contributed by atoms with Crippen molar-refractivity contribution in [1.82, 2.24) is 0 Å². The van der Waals surface area contributed by atoms with Gasteiger partial charge in [-0.25, -0.2) is 0 Å². The van der Waals surface area contributed by atoms with Gasteiger partial charge in [0.05, 0.1) is 0 Å². The van der Waals surface area contributed by atoms with Crippen LogP contribution in [0.5, 0.6) is 0 Å². The number of piperidine rings is 1. The van der Waals surface area contributed by atoms with Gasteiger partial charge in [-0.2, -0.15) is 0 Å². The van der Waals surface area contributed by atoms with Crippen LogP contribution in [0.4, 0.5) is 5.69 Å². The summed E-state index contributed by atoms with van der Waals surface area (Å²) in [5, 5.41) is 2.41. The summed E-state index contributed by atoms with van der Waals surface area (Å²) in [7, 11) is 0. The molecular weight excluding hydrogens is 276 g/mol. The first-order valence-corrected chi connectivity index (χ1v) is 7.95. The number of rotatable bonds is 2. The molecule has 1 heterocycles. The highest BCUT2D eigenvalue weighted by atomic mass is 32.1. The van der Waals surface area contributed by atoms with Gasteiger partial charge in [-0.1, -0.05) is 50.3 Å². The van der Waals surface area contributed by atoms with Crippen molar-refractivity contribution in [3.8, 4) is 0 Å². The van der Waals surface area contributed by atoms with Crippen molar-refractivity contribution in [1.29, 1.82) is 0 Å². The van der Waals surface area contributed by atoms with Crippen LogP contribution in [0.2, 0.25) is 0 Å². The minimum atomic E-state index is 0.463. The topological polar surface area (TPSA) is 29.3 Å². The van der Waals surface area contributed by atoms with Crippen molar-refractivity contribution in [2.45, 2.75) is 26.7 Å². The number of hydrogen-bond acceptors (Lipinski definition) is 2. The minimum absolute atomic E-state index is 0.463. The summed E-state index contributed by atoms with van der Waals surface area (Å²) >= 11 is 5.18. The van der Waals surface area contributed by atoms with E-state index in [4.69, 9.17) is 18.0 Å². The van der Waals surface area contributed by atoms with Gasteiger partial charge in [0, 0.05) is 29.7 Å². The van der Waals surface area contributed by atoms with E-state index in [0.29, 0.717) is 10.4 Å². The van der Waals surface area contributed by atoms with Crippen molar-refractivity contribution in [3.63, 3.8) is 0 Å². The average molecular weight is 298 g/mol. The second kappa shape index (κ2) is 5.30. The summed E-state index contributed by atoms with van der Waals surface area (Å²) in [5.74, 6) is 0. The van der Waals surface area contributed by atoms with E-state index in [9.17, 15) is 0 Å². The number of fused-ring (bicyclic) bond motifs is 1. The first-order valence-electron chi connectivity index (χ1n) is 7.54. The molecule has 3 heteroatoms. The summed E-state index contributed by atoms with van der Waals surface area (Å²) in [6.45, 7) is 6.95. The van der Waals surface area contributed by atoms with E-state index in [1.54, 1.807) is 0 Å². The van der Waals surface area contributed by atoms with Crippen molar-refractivity contribution in [2.75, 3.05) is 18.0 Å². The zero-order valence-electron chi connectivity index (χ0n) is 12.7. The zero-order chi connectivity index (χ0) is 15.0. The monoisotopic (exact) mass is 298 g/mol. The molecule has 1 saturated heterocycles. The molecule has 21 heavy (non-hydrogen) atoms.